The molecule has 0 aromatic heterocycles. The van der Waals surface area contributed by atoms with E-state index >= 15 is 0 Å². The summed E-state index contributed by atoms with van der Waals surface area (Å²) in [6.07, 6.45) is 5.58. The van der Waals surface area contributed by atoms with Crippen molar-refractivity contribution >= 4 is 0 Å². The predicted molar refractivity (Wildman–Crippen MR) is 65.1 cm³/mol. The van der Waals surface area contributed by atoms with Gasteiger partial charge in [0.25, 0.3) is 0 Å². The van der Waals surface area contributed by atoms with Crippen LogP contribution in [0.5, 0.6) is 0 Å². The van der Waals surface area contributed by atoms with Crippen molar-refractivity contribution in [3.05, 3.63) is 0 Å². The molecule has 0 saturated carbocycles. The number of piperazine rings is 1. The molecule has 2 heteroatoms. The Morgan fingerprint density at radius 2 is 1.93 bits per heavy atom. The van der Waals surface area contributed by atoms with Crippen molar-refractivity contribution in [1.82, 2.24) is 9.80 Å². The number of hydrogen-bond donors (Lipinski definition) is 0. The van der Waals surface area contributed by atoms with Crippen LogP contribution in [0.4, 0.5) is 0 Å². The summed E-state index contributed by atoms with van der Waals surface area (Å²) >= 11 is 0. The summed E-state index contributed by atoms with van der Waals surface area (Å²) in [7, 11) is 0. The zero-order valence-corrected chi connectivity index (χ0v) is 10.4. The average Bonchev–Trinajstić information content (AvgIpc) is 2.73. The number of rotatable bonds is 4. The second-order valence-electron chi connectivity index (χ2n) is 5.27. The summed E-state index contributed by atoms with van der Waals surface area (Å²) in [5.41, 5.74) is 0. The Balaban J connectivity index is 1.79. The van der Waals surface area contributed by atoms with Gasteiger partial charge in [-0.1, -0.05) is 26.7 Å². The van der Waals surface area contributed by atoms with Gasteiger partial charge in [-0.3, -0.25) is 4.90 Å². The van der Waals surface area contributed by atoms with E-state index in [2.05, 4.69) is 23.6 Å². The molecule has 2 fully saturated rings. The largest absolute Gasteiger partial charge is 0.300 e. The molecule has 1 atom stereocenters. The van der Waals surface area contributed by atoms with Gasteiger partial charge in [0.15, 0.2) is 0 Å². The van der Waals surface area contributed by atoms with Gasteiger partial charge in [-0.2, -0.15) is 0 Å². The molecule has 2 saturated heterocycles. The maximum absolute atomic E-state index is 2.71. The van der Waals surface area contributed by atoms with Gasteiger partial charge >= 0.3 is 0 Å². The molecular formula is C13H26N2. The highest BCUT2D eigenvalue weighted by Gasteiger charge is 2.30. The zero-order chi connectivity index (χ0) is 10.7. The summed E-state index contributed by atoms with van der Waals surface area (Å²) in [6.45, 7) is 11.4. The van der Waals surface area contributed by atoms with Crippen LogP contribution in [0.2, 0.25) is 0 Å². The van der Waals surface area contributed by atoms with E-state index in [1.165, 1.54) is 58.4 Å². The number of fused-ring (bicyclic) bond motifs is 1. The lowest BCUT2D eigenvalue weighted by Gasteiger charge is -2.38. The molecule has 88 valence electrons. The lowest BCUT2D eigenvalue weighted by atomic mass is 10.0. The monoisotopic (exact) mass is 210 g/mol. The predicted octanol–water partition coefficient (Wildman–Crippen LogP) is 2.20. The number of hydrogen-bond acceptors (Lipinski definition) is 2. The van der Waals surface area contributed by atoms with Gasteiger partial charge in [-0.25, -0.2) is 0 Å². The summed E-state index contributed by atoms with van der Waals surface area (Å²) in [5.74, 6) is 0.929. The summed E-state index contributed by atoms with van der Waals surface area (Å²) in [4.78, 5) is 5.41. The molecule has 15 heavy (non-hydrogen) atoms. The first-order valence-electron chi connectivity index (χ1n) is 6.79. The van der Waals surface area contributed by atoms with E-state index < -0.39 is 0 Å². The lowest BCUT2D eigenvalue weighted by Crippen LogP contribution is -2.51. The molecular weight excluding hydrogens is 184 g/mol. The van der Waals surface area contributed by atoms with Crippen LogP contribution >= 0.6 is 0 Å². The Morgan fingerprint density at radius 1 is 1.13 bits per heavy atom. The van der Waals surface area contributed by atoms with Crippen LogP contribution in [0.15, 0.2) is 0 Å². The summed E-state index contributed by atoms with van der Waals surface area (Å²) < 4.78 is 0. The van der Waals surface area contributed by atoms with Crippen molar-refractivity contribution in [2.24, 2.45) is 5.92 Å². The van der Waals surface area contributed by atoms with E-state index in [1.807, 2.05) is 0 Å². The normalized spacial score (nSPS) is 28.6. The van der Waals surface area contributed by atoms with Gasteiger partial charge in [0.05, 0.1) is 0 Å². The molecule has 0 bridgehead atoms. The van der Waals surface area contributed by atoms with Crippen molar-refractivity contribution in [2.45, 2.75) is 45.6 Å². The molecule has 0 amide bonds. The molecule has 0 N–H and O–H groups in total. The fourth-order valence-corrected chi connectivity index (χ4v) is 3.13. The van der Waals surface area contributed by atoms with Gasteiger partial charge < -0.3 is 4.90 Å². The second-order valence-corrected chi connectivity index (χ2v) is 5.27. The van der Waals surface area contributed by atoms with Crippen LogP contribution in [-0.4, -0.2) is 48.6 Å². The van der Waals surface area contributed by atoms with Crippen molar-refractivity contribution in [2.75, 3.05) is 32.7 Å². The third-order valence-corrected chi connectivity index (χ3v) is 4.34. The molecule has 2 rings (SSSR count). The molecule has 2 aliphatic rings. The van der Waals surface area contributed by atoms with E-state index in [0.29, 0.717) is 0 Å². The van der Waals surface area contributed by atoms with Gasteiger partial charge in [0.1, 0.15) is 0 Å². The van der Waals surface area contributed by atoms with E-state index in [-0.39, 0.29) is 0 Å². The fourth-order valence-electron chi connectivity index (χ4n) is 3.13. The quantitative estimate of drug-likeness (QED) is 0.702. The Labute approximate surface area is 94.6 Å². The lowest BCUT2D eigenvalue weighted by molar-refractivity contribution is 0.0904. The molecule has 2 aliphatic heterocycles. The molecule has 2 nitrogen and oxygen atoms in total. The highest BCUT2D eigenvalue weighted by Crippen LogP contribution is 2.22. The van der Waals surface area contributed by atoms with Gasteiger partial charge in [0.2, 0.25) is 0 Å². The Hall–Kier alpha value is -0.0800. The first-order chi connectivity index (χ1) is 7.33. The molecule has 0 radical (unpaired) electrons. The molecule has 2 heterocycles. The van der Waals surface area contributed by atoms with E-state index in [0.717, 1.165) is 12.0 Å². The minimum Gasteiger partial charge on any atom is -0.300 e. The second kappa shape index (κ2) is 5.31. The van der Waals surface area contributed by atoms with Gasteiger partial charge in [-0.05, 0) is 25.3 Å². The first kappa shape index (κ1) is 11.4. The van der Waals surface area contributed by atoms with Crippen LogP contribution in [0, 0.1) is 5.92 Å². The molecule has 0 aliphatic carbocycles. The summed E-state index contributed by atoms with van der Waals surface area (Å²) in [6, 6.07) is 0.896. The first-order valence-corrected chi connectivity index (χ1v) is 6.79. The van der Waals surface area contributed by atoms with Gasteiger partial charge in [0, 0.05) is 32.2 Å². The average molecular weight is 210 g/mol. The van der Waals surface area contributed by atoms with Crippen LogP contribution in [0.25, 0.3) is 0 Å². The maximum atomic E-state index is 2.71. The third-order valence-electron chi connectivity index (χ3n) is 4.34. The highest BCUT2D eigenvalue weighted by atomic mass is 15.3. The Morgan fingerprint density at radius 3 is 2.67 bits per heavy atom. The molecule has 1 unspecified atom stereocenters. The molecule has 0 aromatic carbocycles. The van der Waals surface area contributed by atoms with Crippen LogP contribution < -0.4 is 0 Å². The highest BCUT2D eigenvalue weighted by molar-refractivity contribution is 4.87. The zero-order valence-electron chi connectivity index (χ0n) is 10.4. The van der Waals surface area contributed by atoms with Gasteiger partial charge in [-0.15, -0.1) is 0 Å². The molecule has 0 aromatic rings. The van der Waals surface area contributed by atoms with Crippen molar-refractivity contribution in [3.8, 4) is 0 Å². The fraction of sp³-hybridized carbons (Fsp3) is 1.00. The topological polar surface area (TPSA) is 6.48 Å². The van der Waals surface area contributed by atoms with Crippen molar-refractivity contribution in [3.63, 3.8) is 0 Å². The number of nitrogens with zero attached hydrogens (tertiary/aromatic N) is 2. The van der Waals surface area contributed by atoms with Crippen LogP contribution in [0.1, 0.15) is 39.5 Å². The van der Waals surface area contributed by atoms with Crippen LogP contribution in [0.3, 0.4) is 0 Å². The van der Waals surface area contributed by atoms with E-state index in [4.69, 9.17) is 0 Å². The smallest absolute Gasteiger partial charge is 0.0224 e. The standard InChI is InChI=1S/C13H26N2/c1-3-12(4-2)10-14-8-9-15-7-5-6-13(15)11-14/h12-13H,3-11H2,1-2H3. The minimum absolute atomic E-state index is 0.896. The van der Waals surface area contributed by atoms with Crippen molar-refractivity contribution < 1.29 is 0 Å². The summed E-state index contributed by atoms with van der Waals surface area (Å²) in [5, 5.41) is 0. The van der Waals surface area contributed by atoms with E-state index in [9.17, 15) is 0 Å². The van der Waals surface area contributed by atoms with E-state index in [1.54, 1.807) is 0 Å². The SMILES string of the molecule is CCC(CC)CN1CCN2CCCC2C1. The van der Waals surface area contributed by atoms with Crippen molar-refractivity contribution in [1.29, 1.82) is 0 Å². The minimum atomic E-state index is 0.896. The molecule has 0 spiro atoms. The Kier molecular flexibility index (Phi) is 4.04. The maximum Gasteiger partial charge on any atom is 0.0224 e. The van der Waals surface area contributed by atoms with Crippen LogP contribution in [-0.2, 0) is 0 Å². The third kappa shape index (κ3) is 2.73. The Bertz CT molecular complexity index is 187.